The van der Waals surface area contributed by atoms with Crippen LogP contribution in [0.1, 0.15) is 36.5 Å². The summed E-state index contributed by atoms with van der Waals surface area (Å²) in [5.74, 6) is -2.42. The van der Waals surface area contributed by atoms with Gasteiger partial charge in [0, 0.05) is 6.07 Å². The first kappa shape index (κ1) is 17.7. The zero-order chi connectivity index (χ0) is 16.7. The van der Waals surface area contributed by atoms with Crippen molar-refractivity contribution in [2.24, 2.45) is 0 Å². The monoisotopic (exact) mass is 313 g/mol. The van der Waals surface area contributed by atoms with E-state index in [2.05, 4.69) is 5.32 Å². The van der Waals surface area contributed by atoms with Crippen LogP contribution in [0.15, 0.2) is 12.1 Å². The Morgan fingerprint density at radius 2 is 1.86 bits per heavy atom. The molecule has 0 aliphatic carbocycles. The molecule has 0 aliphatic rings. The molecule has 0 heterocycles. The lowest BCUT2D eigenvalue weighted by molar-refractivity contribution is -0.139. The van der Waals surface area contributed by atoms with E-state index in [1.54, 1.807) is 0 Å². The molecule has 6 nitrogen and oxygen atoms in total. The van der Waals surface area contributed by atoms with Crippen LogP contribution in [-0.2, 0) is 4.79 Å². The van der Waals surface area contributed by atoms with E-state index in [0.717, 1.165) is 12.5 Å². The van der Waals surface area contributed by atoms with Gasteiger partial charge in [0.05, 0.1) is 19.8 Å². The van der Waals surface area contributed by atoms with E-state index in [0.29, 0.717) is 6.42 Å². The summed E-state index contributed by atoms with van der Waals surface area (Å²) >= 11 is 0. The van der Waals surface area contributed by atoms with Crippen LogP contribution in [0, 0.1) is 5.82 Å². The third-order valence-electron chi connectivity index (χ3n) is 3.17. The highest BCUT2D eigenvalue weighted by Gasteiger charge is 2.23. The Kier molecular flexibility index (Phi) is 6.62. The lowest BCUT2D eigenvalue weighted by Crippen LogP contribution is -2.41. The summed E-state index contributed by atoms with van der Waals surface area (Å²) < 4.78 is 23.9. The minimum Gasteiger partial charge on any atom is -0.493 e. The maximum atomic E-state index is 14.0. The summed E-state index contributed by atoms with van der Waals surface area (Å²) in [7, 11) is 2.71. The Bertz CT molecular complexity index is 547. The molecule has 0 aromatic heterocycles. The van der Waals surface area contributed by atoms with Gasteiger partial charge < -0.3 is 19.9 Å². The van der Waals surface area contributed by atoms with Crippen molar-refractivity contribution in [3.63, 3.8) is 0 Å². The standard InChI is InChI=1S/C15H20FNO5/c1-4-5-6-11(15(19)20)17-14(18)9-7-12(21-2)13(22-3)8-10(9)16/h7-8,11H,4-6H2,1-3H3,(H,17,18)(H,19,20). The second-order valence-electron chi connectivity index (χ2n) is 4.69. The molecule has 1 aromatic rings. The molecule has 0 saturated carbocycles. The zero-order valence-electron chi connectivity index (χ0n) is 12.8. The molecule has 1 atom stereocenters. The first-order valence-electron chi connectivity index (χ1n) is 6.89. The Labute approximate surface area is 128 Å². The van der Waals surface area contributed by atoms with Crippen molar-refractivity contribution < 1.29 is 28.6 Å². The average molecular weight is 313 g/mol. The predicted octanol–water partition coefficient (Wildman–Crippen LogP) is 2.22. The van der Waals surface area contributed by atoms with Gasteiger partial charge in [-0.1, -0.05) is 19.8 Å². The van der Waals surface area contributed by atoms with Crippen LogP contribution in [0.3, 0.4) is 0 Å². The van der Waals surface area contributed by atoms with Gasteiger partial charge in [0.25, 0.3) is 5.91 Å². The van der Waals surface area contributed by atoms with Crippen LogP contribution in [0.25, 0.3) is 0 Å². The average Bonchev–Trinajstić information content (AvgIpc) is 2.50. The first-order chi connectivity index (χ1) is 10.4. The lowest BCUT2D eigenvalue weighted by Gasteiger charge is -2.15. The van der Waals surface area contributed by atoms with Gasteiger partial charge in [-0.25, -0.2) is 9.18 Å². The van der Waals surface area contributed by atoms with Crippen molar-refractivity contribution in [2.45, 2.75) is 32.2 Å². The summed E-state index contributed by atoms with van der Waals surface area (Å²) in [4.78, 5) is 23.2. The van der Waals surface area contributed by atoms with Crippen LogP contribution in [-0.4, -0.2) is 37.2 Å². The number of nitrogens with one attached hydrogen (secondary N) is 1. The lowest BCUT2D eigenvalue weighted by atomic mass is 10.1. The number of carboxylic acids is 1. The molecular weight excluding hydrogens is 293 g/mol. The van der Waals surface area contributed by atoms with Crippen molar-refractivity contribution in [2.75, 3.05) is 14.2 Å². The number of hydrogen-bond acceptors (Lipinski definition) is 4. The maximum Gasteiger partial charge on any atom is 0.326 e. The molecule has 0 fully saturated rings. The van der Waals surface area contributed by atoms with E-state index in [-0.39, 0.29) is 23.5 Å². The molecule has 122 valence electrons. The summed E-state index contributed by atoms with van der Waals surface area (Å²) in [6, 6.07) is 1.15. The number of carboxylic acid groups (broad SMARTS) is 1. The molecule has 22 heavy (non-hydrogen) atoms. The third kappa shape index (κ3) is 4.34. The van der Waals surface area contributed by atoms with Gasteiger partial charge in [0.1, 0.15) is 11.9 Å². The smallest absolute Gasteiger partial charge is 0.326 e. The largest absolute Gasteiger partial charge is 0.493 e. The highest BCUT2D eigenvalue weighted by atomic mass is 19.1. The summed E-state index contributed by atoms with van der Waals surface area (Å²) in [5.41, 5.74) is -0.291. The van der Waals surface area contributed by atoms with E-state index < -0.39 is 23.7 Å². The minimum absolute atomic E-state index is 0.150. The van der Waals surface area contributed by atoms with Crippen molar-refractivity contribution in [3.05, 3.63) is 23.5 Å². The number of unbranched alkanes of at least 4 members (excludes halogenated alkanes) is 1. The molecule has 0 spiro atoms. The number of carbonyl (C=O) groups excluding carboxylic acids is 1. The van der Waals surface area contributed by atoms with Gasteiger partial charge in [0.2, 0.25) is 0 Å². The topological polar surface area (TPSA) is 84.9 Å². The number of halogens is 1. The minimum atomic E-state index is -1.15. The Hall–Kier alpha value is -2.31. The van der Waals surface area contributed by atoms with E-state index in [9.17, 15) is 14.0 Å². The fourth-order valence-corrected chi connectivity index (χ4v) is 1.93. The molecule has 0 bridgehead atoms. The van der Waals surface area contributed by atoms with Gasteiger partial charge in [-0.15, -0.1) is 0 Å². The fourth-order valence-electron chi connectivity index (χ4n) is 1.93. The molecule has 1 unspecified atom stereocenters. The molecule has 0 aliphatic heterocycles. The van der Waals surface area contributed by atoms with Crippen LogP contribution in [0.2, 0.25) is 0 Å². The van der Waals surface area contributed by atoms with E-state index in [4.69, 9.17) is 14.6 Å². The molecule has 1 aromatic carbocycles. The number of hydrogen-bond donors (Lipinski definition) is 2. The first-order valence-corrected chi connectivity index (χ1v) is 6.89. The van der Waals surface area contributed by atoms with Crippen molar-refractivity contribution in [1.29, 1.82) is 0 Å². The molecule has 7 heteroatoms. The van der Waals surface area contributed by atoms with Crippen molar-refractivity contribution >= 4 is 11.9 Å². The fraction of sp³-hybridized carbons (Fsp3) is 0.467. The van der Waals surface area contributed by atoms with Gasteiger partial charge in [-0.3, -0.25) is 4.79 Å². The highest BCUT2D eigenvalue weighted by molar-refractivity contribution is 5.97. The number of methoxy groups -OCH3 is 2. The number of benzene rings is 1. The van der Waals surface area contributed by atoms with Crippen LogP contribution >= 0.6 is 0 Å². The predicted molar refractivity (Wildman–Crippen MR) is 77.9 cm³/mol. The Morgan fingerprint density at radius 1 is 1.27 bits per heavy atom. The summed E-state index contributed by atoms with van der Waals surface area (Å²) in [5, 5.41) is 11.4. The molecule has 1 rings (SSSR count). The SMILES string of the molecule is CCCCC(NC(=O)c1cc(OC)c(OC)cc1F)C(=O)O. The van der Waals surface area contributed by atoms with E-state index in [1.807, 2.05) is 6.92 Å². The number of amides is 1. The Balaban J connectivity index is 2.99. The Morgan fingerprint density at radius 3 is 2.36 bits per heavy atom. The molecular formula is C15H20FNO5. The van der Waals surface area contributed by atoms with Crippen LogP contribution in [0.5, 0.6) is 11.5 Å². The maximum absolute atomic E-state index is 14.0. The van der Waals surface area contributed by atoms with Crippen LogP contribution < -0.4 is 14.8 Å². The van der Waals surface area contributed by atoms with Gasteiger partial charge in [0.15, 0.2) is 11.5 Å². The second-order valence-corrected chi connectivity index (χ2v) is 4.69. The molecule has 2 N–H and O–H groups in total. The highest BCUT2D eigenvalue weighted by Crippen LogP contribution is 2.29. The molecule has 0 saturated heterocycles. The third-order valence-corrected chi connectivity index (χ3v) is 3.17. The van der Waals surface area contributed by atoms with Gasteiger partial charge >= 0.3 is 5.97 Å². The van der Waals surface area contributed by atoms with Gasteiger partial charge in [-0.2, -0.15) is 0 Å². The van der Waals surface area contributed by atoms with Gasteiger partial charge in [-0.05, 0) is 12.5 Å². The van der Waals surface area contributed by atoms with Crippen molar-refractivity contribution in [3.8, 4) is 11.5 Å². The van der Waals surface area contributed by atoms with Crippen LogP contribution in [0.4, 0.5) is 4.39 Å². The molecule has 1 amide bonds. The van der Waals surface area contributed by atoms with E-state index in [1.165, 1.54) is 20.3 Å². The quantitative estimate of drug-likeness (QED) is 0.768. The zero-order valence-corrected chi connectivity index (χ0v) is 12.8. The number of carbonyl (C=O) groups is 2. The molecule has 0 radical (unpaired) electrons. The second kappa shape index (κ2) is 8.21. The number of rotatable bonds is 8. The van der Waals surface area contributed by atoms with Crippen molar-refractivity contribution in [1.82, 2.24) is 5.32 Å². The van der Waals surface area contributed by atoms with E-state index >= 15 is 0 Å². The summed E-state index contributed by atoms with van der Waals surface area (Å²) in [6.07, 6.45) is 1.72. The number of aliphatic carboxylic acids is 1. The normalized spacial score (nSPS) is 11.6. The summed E-state index contributed by atoms with van der Waals surface area (Å²) in [6.45, 7) is 1.91. The number of ether oxygens (including phenoxy) is 2.